The summed E-state index contributed by atoms with van der Waals surface area (Å²) in [5.74, 6) is -2.58. The van der Waals surface area contributed by atoms with E-state index in [0.717, 1.165) is 10.9 Å². The number of fused-ring (bicyclic) bond motifs is 1. The molecular formula is C14H7F3N2O2S. The molecule has 0 aliphatic heterocycles. The average molecular weight is 324 g/mol. The van der Waals surface area contributed by atoms with Crippen LogP contribution in [0.25, 0.3) is 10.9 Å². The first-order chi connectivity index (χ1) is 10.4. The summed E-state index contributed by atoms with van der Waals surface area (Å²) < 4.78 is 37.1. The predicted octanol–water partition coefficient (Wildman–Crippen LogP) is 3.60. The normalized spacial score (nSPS) is 11.8. The van der Waals surface area contributed by atoms with Crippen molar-refractivity contribution in [2.45, 2.75) is 6.18 Å². The van der Waals surface area contributed by atoms with E-state index in [9.17, 15) is 22.8 Å². The van der Waals surface area contributed by atoms with E-state index in [4.69, 9.17) is 0 Å². The van der Waals surface area contributed by atoms with E-state index < -0.39 is 23.4 Å². The lowest BCUT2D eigenvalue weighted by Gasteiger charge is -2.00. The number of Topliss-reactive ketones (excluding diaryl/α,β-unsaturated/α-hetero) is 1. The van der Waals surface area contributed by atoms with Crippen LogP contribution in [0, 0.1) is 0 Å². The highest BCUT2D eigenvalue weighted by Gasteiger charge is 2.41. The van der Waals surface area contributed by atoms with E-state index >= 15 is 0 Å². The molecule has 8 heteroatoms. The molecule has 2 aromatic heterocycles. The second-order valence-electron chi connectivity index (χ2n) is 4.44. The maximum Gasteiger partial charge on any atom is 0.456 e. The van der Waals surface area contributed by atoms with Gasteiger partial charge in [-0.1, -0.05) is 18.2 Å². The number of carbonyl (C=O) groups is 2. The summed E-state index contributed by atoms with van der Waals surface area (Å²) in [7, 11) is 0. The molecule has 0 atom stereocenters. The number of carbonyl (C=O) groups excluding carboxylic acids is 2. The van der Waals surface area contributed by atoms with Crippen LogP contribution in [-0.2, 0) is 0 Å². The molecule has 0 unspecified atom stereocenters. The maximum absolute atomic E-state index is 12.4. The molecule has 1 N–H and O–H groups in total. The number of thiazole rings is 1. The van der Waals surface area contributed by atoms with E-state index in [-0.39, 0.29) is 5.01 Å². The highest BCUT2D eigenvalue weighted by Crippen LogP contribution is 2.25. The van der Waals surface area contributed by atoms with E-state index in [2.05, 4.69) is 9.97 Å². The fraction of sp³-hybridized carbons (Fsp3) is 0.0714. The number of nitrogens with one attached hydrogen (secondary N) is 1. The number of hydrogen-bond acceptors (Lipinski definition) is 4. The standard InChI is InChI=1S/C14H7F3N2O2S/c15-14(16,17)12(21)10-6-22-13(19-10)11(20)8-5-18-9-4-2-1-3-7(8)9/h1-6,18H. The van der Waals surface area contributed by atoms with E-state index in [1.54, 1.807) is 24.3 Å². The van der Waals surface area contributed by atoms with Crippen molar-refractivity contribution in [3.8, 4) is 0 Å². The molecular weight excluding hydrogens is 317 g/mol. The zero-order chi connectivity index (χ0) is 15.9. The summed E-state index contributed by atoms with van der Waals surface area (Å²) in [6, 6.07) is 7.02. The Morgan fingerprint density at radius 2 is 1.91 bits per heavy atom. The Kier molecular flexibility index (Phi) is 3.32. The Hall–Kier alpha value is -2.48. The number of para-hydroxylation sites is 1. The van der Waals surface area contributed by atoms with Crippen LogP contribution in [-0.4, -0.2) is 27.7 Å². The predicted molar refractivity (Wildman–Crippen MR) is 74.2 cm³/mol. The highest BCUT2D eigenvalue weighted by molar-refractivity contribution is 7.12. The number of rotatable bonds is 3. The molecule has 0 fully saturated rings. The first kappa shape index (κ1) is 14.5. The molecule has 0 saturated carbocycles. The van der Waals surface area contributed by atoms with Gasteiger partial charge in [0.1, 0.15) is 5.69 Å². The summed E-state index contributed by atoms with van der Waals surface area (Å²) in [5, 5.41) is 1.43. The van der Waals surface area contributed by atoms with Gasteiger partial charge in [0.2, 0.25) is 5.78 Å². The number of nitrogens with zero attached hydrogens (tertiary/aromatic N) is 1. The molecule has 22 heavy (non-hydrogen) atoms. The second-order valence-corrected chi connectivity index (χ2v) is 5.30. The molecule has 1 aromatic carbocycles. The molecule has 0 saturated heterocycles. The van der Waals surface area contributed by atoms with Gasteiger partial charge in [-0.3, -0.25) is 9.59 Å². The minimum absolute atomic E-state index is 0.155. The number of H-pyrrole nitrogens is 1. The number of alkyl halides is 3. The molecule has 0 aliphatic carbocycles. The van der Waals surface area contributed by atoms with Gasteiger partial charge in [-0.05, 0) is 6.07 Å². The Morgan fingerprint density at radius 3 is 2.64 bits per heavy atom. The number of benzene rings is 1. The summed E-state index contributed by atoms with van der Waals surface area (Å²) in [6.45, 7) is 0. The van der Waals surface area contributed by atoms with Gasteiger partial charge in [-0.2, -0.15) is 13.2 Å². The Balaban J connectivity index is 1.97. The van der Waals surface area contributed by atoms with Crippen molar-refractivity contribution in [3.63, 3.8) is 0 Å². The quantitative estimate of drug-likeness (QED) is 0.749. The van der Waals surface area contributed by atoms with E-state index in [0.29, 0.717) is 22.3 Å². The molecule has 4 nitrogen and oxygen atoms in total. The van der Waals surface area contributed by atoms with Crippen molar-refractivity contribution in [1.82, 2.24) is 9.97 Å². The third kappa shape index (κ3) is 2.41. The number of hydrogen-bond donors (Lipinski definition) is 1. The zero-order valence-electron chi connectivity index (χ0n) is 10.8. The average Bonchev–Trinajstić information content (AvgIpc) is 3.12. The second kappa shape index (κ2) is 5.06. The van der Waals surface area contributed by atoms with Crippen molar-refractivity contribution in [2.75, 3.05) is 0 Å². The molecule has 0 amide bonds. The number of halogens is 3. The Bertz CT molecular complexity index is 879. The maximum atomic E-state index is 12.4. The molecule has 3 rings (SSSR count). The van der Waals surface area contributed by atoms with Gasteiger partial charge in [0.25, 0.3) is 5.78 Å². The van der Waals surface area contributed by atoms with Gasteiger partial charge in [0.05, 0.1) is 5.56 Å². The lowest BCUT2D eigenvalue weighted by molar-refractivity contribution is -0.0887. The van der Waals surface area contributed by atoms with Crippen LogP contribution in [0.3, 0.4) is 0 Å². The third-order valence-corrected chi connectivity index (χ3v) is 3.86. The highest BCUT2D eigenvalue weighted by atomic mass is 32.1. The summed E-state index contributed by atoms with van der Waals surface area (Å²) in [6.07, 6.45) is -3.53. The lowest BCUT2D eigenvalue weighted by Crippen LogP contribution is -2.23. The van der Waals surface area contributed by atoms with Crippen molar-refractivity contribution in [3.05, 3.63) is 52.1 Å². The lowest BCUT2D eigenvalue weighted by atomic mass is 10.1. The van der Waals surface area contributed by atoms with Crippen LogP contribution in [0.2, 0.25) is 0 Å². The zero-order valence-corrected chi connectivity index (χ0v) is 11.6. The van der Waals surface area contributed by atoms with E-state index in [1.165, 1.54) is 6.20 Å². The fourth-order valence-electron chi connectivity index (χ4n) is 2.00. The molecule has 2 heterocycles. The number of aromatic nitrogens is 2. The smallest absolute Gasteiger partial charge is 0.360 e. The molecule has 0 bridgehead atoms. The largest absolute Gasteiger partial charge is 0.456 e. The third-order valence-electron chi connectivity index (χ3n) is 3.02. The van der Waals surface area contributed by atoms with E-state index in [1.807, 2.05) is 0 Å². The minimum atomic E-state index is -5.00. The molecule has 112 valence electrons. The van der Waals surface area contributed by atoms with Gasteiger partial charge in [0.15, 0.2) is 5.01 Å². The summed E-state index contributed by atoms with van der Waals surface area (Å²) in [5.41, 5.74) is 0.269. The minimum Gasteiger partial charge on any atom is -0.360 e. The monoisotopic (exact) mass is 324 g/mol. The Morgan fingerprint density at radius 1 is 1.18 bits per heavy atom. The van der Waals surface area contributed by atoms with Gasteiger partial charge in [0, 0.05) is 22.5 Å². The van der Waals surface area contributed by atoms with Gasteiger partial charge < -0.3 is 4.98 Å². The molecule has 0 radical (unpaired) electrons. The van der Waals surface area contributed by atoms with Crippen LogP contribution in [0.5, 0.6) is 0 Å². The van der Waals surface area contributed by atoms with Crippen molar-refractivity contribution < 1.29 is 22.8 Å². The molecule has 0 spiro atoms. The Labute approximate surface area is 125 Å². The van der Waals surface area contributed by atoms with Crippen molar-refractivity contribution in [1.29, 1.82) is 0 Å². The van der Waals surface area contributed by atoms with Gasteiger partial charge in [-0.15, -0.1) is 11.3 Å². The van der Waals surface area contributed by atoms with Crippen molar-refractivity contribution in [2.24, 2.45) is 0 Å². The number of aromatic amines is 1. The topological polar surface area (TPSA) is 62.8 Å². The first-order valence-corrected chi connectivity index (χ1v) is 6.94. The van der Waals surface area contributed by atoms with Crippen LogP contribution >= 0.6 is 11.3 Å². The van der Waals surface area contributed by atoms with Crippen LogP contribution in [0.15, 0.2) is 35.8 Å². The SMILES string of the molecule is O=C(c1nc(C(=O)C(F)(F)F)cs1)c1c[nH]c2ccccc12. The molecule has 3 aromatic rings. The van der Waals surface area contributed by atoms with Crippen LogP contribution in [0.1, 0.15) is 25.9 Å². The van der Waals surface area contributed by atoms with Gasteiger partial charge >= 0.3 is 6.18 Å². The van der Waals surface area contributed by atoms with Crippen LogP contribution < -0.4 is 0 Å². The summed E-state index contributed by atoms with van der Waals surface area (Å²) in [4.78, 5) is 29.9. The van der Waals surface area contributed by atoms with Crippen LogP contribution in [0.4, 0.5) is 13.2 Å². The first-order valence-electron chi connectivity index (χ1n) is 6.06. The molecule has 0 aliphatic rings. The van der Waals surface area contributed by atoms with Gasteiger partial charge in [-0.25, -0.2) is 4.98 Å². The number of ketones is 2. The summed E-state index contributed by atoms with van der Waals surface area (Å²) >= 11 is 0.714. The fourth-order valence-corrected chi connectivity index (χ4v) is 2.75. The van der Waals surface area contributed by atoms with Crippen molar-refractivity contribution >= 4 is 33.8 Å².